The summed E-state index contributed by atoms with van der Waals surface area (Å²) in [4.78, 5) is 36.6. The minimum atomic E-state index is -1.36. The summed E-state index contributed by atoms with van der Waals surface area (Å²) in [5.74, 6) is -0.140. The molecule has 0 saturated carbocycles. The standard InChI is InChI=1S/C18H21N3O6Si/c1-28(2,3)11-10-26-18(23)20-9-8-14-15(17(20)22)16(19-27-14)12-4-6-13(7-5-12)21(24)25/h4-7H,8-11H2,1-3H3. The largest absolute Gasteiger partial charge is 0.449 e. The van der Waals surface area contributed by atoms with Crippen LogP contribution in [0.2, 0.25) is 25.7 Å². The first-order valence-electron chi connectivity index (χ1n) is 8.89. The molecule has 148 valence electrons. The van der Waals surface area contributed by atoms with Crippen molar-refractivity contribution in [3.05, 3.63) is 45.7 Å². The highest BCUT2D eigenvalue weighted by molar-refractivity contribution is 6.76. The quantitative estimate of drug-likeness (QED) is 0.424. The van der Waals surface area contributed by atoms with Crippen LogP contribution in [0.15, 0.2) is 28.8 Å². The van der Waals surface area contributed by atoms with Crippen LogP contribution >= 0.6 is 0 Å². The number of fused-ring (bicyclic) bond motifs is 1. The molecule has 0 aliphatic carbocycles. The first-order chi connectivity index (χ1) is 13.2. The summed E-state index contributed by atoms with van der Waals surface area (Å²) in [5.41, 5.74) is 0.884. The predicted molar refractivity (Wildman–Crippen MR) is 103 cm³/mol. The van der Waals surface area contributed by atoms with Gasteiger partial charge < -0.3 is 9.26 Å². The van der Waals surface area contributed by atoms with Crippen LogP contribution in [-0.4, -0.2) is 48.2 Å². The zero-order valence-corrected chi connectivity index (χ0v) is 16.9. The molecule has 10 heteroatoms. The zero-order valence-electron chi connectivity index (χ0n) is 15.9. The maximum absolute atomic E-state index is 12.9. The third-order valence-electron chi connectivity index (χ3n) is 4.43. The van der Waals surface area contributed by atoms with E-state index in [-0.39, 0.29) is 30.1 Å². The molecule has 2 aromatic rings. The van der Waals surface area contributed by atoms with E-state index in [9.17, 15) is 19.7 Å². The predicted octanol–water partition coefficient (Wildman–Crippen LogP) is 3.72. The van der Waals surface area contributed by atoms with E-state index in [0.29, 0.717) is 17.7 Å². The van der Waals surface area contributed by atoms with Crippen molar-refractivity contribution < 1.29 is 23.8 Å². The minimum absolute atomic E-state index is 0.0694. The van der Waals surface area contributed by atoms with Crippen molar-refractivity contribution in [1.82, 2.24) is 10.1 Å². The first-order valence-corrected chi connectivity index (χ1v) is 12.6. The van der Waals surface area contributed by atoms with E-state index in [1.165, 1.54) is 24.3 Å². The van der Waals surface area contributed by atoms with E-state index in [2.05, 4.69) is 24.8 Å². The molecule has 1 aromatic heterocycles. The van der Waals surface area contributed by atoms with Gasteiger partial charge in [-0.1, -0.05) is 24.8 Å². The van der Waals surface area contributed by atoms with Gasteiger partial charge in [-0.2, -0.15) is 0 Å². The van der Waals surface area contributed by atoms with E-state index in [4.69, 9.17) is 9.26 Å². The summed E-state index contributed by atoms with van der Waals surface area (Å²) < 4.78 is 10.5. The molecule has 2 amide bonds. The molecule has 3 rings (SSSR count). The van der Waals surface area contributed by atoms with Gasteiger partial charge in [0.1, 0.15) is 11.3 Å². The zero-order chi connectivity index (χ0) is 20.5. The lowest BCUT2D eigenvalue weighted by molar-refractivity contribution is -0.384. The lowest BCUT2D eigenvalue weighted by Gasteiger charge is -2.24. The van der Waals surface area contributed by atoms with Gasteiger partial charge in [-0.05, 0) is 18.2 Å². The summed E-state index contributed by atoms with van der Waals surface area (Å²) in [7, 11) is -1.36. The third kappa shape index (κ3) is 4.11. The minimum Gasteiger partial charge on any atom is -0.449 e. The fourth-order valence-electron chi connectivity index (χ4n) is 2.80. The highest BCUT2D eigenvalue weighted by atomic mass is 28.3. The van der Waals surface area contributed by atoms with Crippen molar-refractivity contribution in [3.63, 3.8) is 0 Å². The van der Waals surface area contributed by atoms with Crippen molar-refractivity contribution in [3.8, 4) is 11.3 Å². The van der Waals surface area contributed by atoms with Gasteiger partial charge in [-0.15, -0.1) is 0 Å². The van der Waals surface area contributed by atoms with Crippen molar-refractivity contribution >= 4 is 25.8 Å². The molecule has 0 saturated heterocycles. The van der Waals surface area contributed by atoms with Crippen LogP contribution in [0.3, 0.4) is 0 Å². The Bertz CT molecular complexity index is 916. The van der Waals surface area contributed by atoms with Crippen LogP contribution in [0.5, 0.6) is 0 Å². The molecule has 1 aromatic carbocycles. The van der Waals surface area contributed by atoms with Gasteiger partial charge in [0, 0.05) is 38.7 Å². The number of nitrogens with zero attached hydrogens (tertiary/aromatic N) is 3. The molecule has 0 bridgehead atoms. The maximum atomic E-state index is 12.9. The van der Waals surface area contributed by atoms with Gasteiger partial charge in [-0.25, -0.2) is 9.69 Å². The monoisotopic (exact) mass is 403 g/mol. The van der Waals surface area contributed by atoms with Crippen LogP contribution < -0.4 is 0 Å². The van der Waals surface area contributed by atoms with Crippen LogP contribution in [0.4, 0.5) is 10.5 Å². The molecule has 0 spiro atoms. The molecule has 0 atom stereocenters. The second kappa shape index (κ2) is 7.54. The van der Waals surface area contributed by atoms with Gasteiger partial charge in [0.15, 0.2) is 5.76 Å². The van der Waals surface area contributed by atoms with Crippen LogP contribution in [0.25, 0.3) is 11.3 Å². The lowest BCUT2D eigenvalue weighted by atomic mass is 10.0. The second-order valence-electron chi connectivity index (χ2n) is 7.77. The summed E-state index contributed by atoms with van der Waals surface area (Å²) in [6.45, 7) is 6.96. The summed E-state index contributed by atoms with van der Waals surface area (Å²) in [6.07, 6.45) is -0.339. The number of imide groups is 1. The number of non-ortho nitro benzene ring substituents is 1. The summed E-state index contributed by atoms with van der Waals surface area (Å²) in [6, 6.07) is 6.45. The number of hydrogen-bond acceptors (Lipinski definition) is 7. The van der Waals surface area contributed by atoms with Gasteiger partial charge in [0.05, 0.1) is 11.5 Å². The Hall–Kier alpha value is -3.01. The molecule has 28 heavy (non-hydrogen) atoms. The first kappa shape index (κ1) is 19.7. The maximum Gasteiger partial charge on any atom is 0.416 e. The average Bonchev–Trinajstić information content (AvgIpc) is 3.06. The average molecular weight is 403 g/mol. The van der Waals surface area contributed by atoms with E-state index >= 15 is 0 Å². The highest BCUT2D eigenvalue weighted by Gasteiger charge is 2.36. The fourth-order valence-corrected chi connectivity index (χ4v) is 3.51. The normalized spacial score (nSPS) is 14.0. The highest BCUT2D eigenvalue weighted by Crippen LogP contribution is 2.31. The molecule has 0 fully saturated rings. The van der Waals surface area contributed by atoms with Crippen molar-refractivity contribution in [1.29, 1.82) is 0 Å². The van der Waals surface area contributed by atoms with Crippen LogP contribution in [0, 0.1) is 10.1 Å². The number of hydrogen-bond donors (Lipinski definition) is 0. The topological polar surface area (TPSA) is 116 Å². The number of benzene rings is 1. The van der Waals surface area contributed by atoms with E-state index < -0.39 is 25.0 Å². The van der Waals surface area contributed by atoms with Crippen molar-refractivity contribution in [2.24, 2.45) is 0 Å². The fraction of sp³-hybridized carbons (Fsp3) is 0.389. The molecule has 0 N–H and O–H groups in total. The van der Waals surface area contributed by atoms with Crippen molar-refractivity contribution in [2.75, 3.05) is 13.2 Å². The smallest absolute Gasteiger partial charge is 0.416 e. The Labute approximate surface area is 162 Å². The Kier molecular flexibility index (Phi) is 5.32. The van der Waals surface area contributed by atoms with Crippen molar-refractivity contribution in [2.45, 2.75) is 32.1 Å². The number of aromatic nitrogens is 1. The van der Waals surface area contributed by atoms with Gasteiger partial charge >= 0.3 is 6.09 Å². The molecule has 2 heterocycles. The SMILES string of the molecule is C[Si](C)(C)CCOC(=O)N1CCc2onc(-c3ccc([N+](=O)[O-])cc3)c2C1=O. The number of carbonyl (C=O) groups excluding carboxylic acids is 2. The second-order valence-corrected chi connectivity index (χ2v) is 13.4. The number of nitro groups is 1. The van der Waals surface area contributed by atoms with E-state index in [1.54, 1.807) is 0 Å². The number of carbonyl (C=O) groups is 2. The van der Waals surface area contributed by atoms with E-state index in [0.717, 1.165) is 10.9 Å². The molecular weight excluding hydrogens is 382 g/mol. The molecule has 1 aliphatic rings. The van der Waals surface area contributed by atoms with Crippen LogP contribution in [0.1, 0.15) is 16.1 Å². The lowest BCUT2D eigenvalue weighted by Crippen LogP contribution is -2.42. The Morgan fingerprint density at radius 2 is 2.00 bits per heavy atom. The Morgan fingerprint density at radius 3 is 2.61 bits per heavy atom. The van der Waals surface area contributed by atoms with Crippen LogP contribution in [-0.2, 0) is 11.2 Å². The number of rotatable bonds is 5. The number of nitro benzene ring substituents is 1. The molecule has 9 nitrogen and oxygen atoms in total. The Balaban J connectivity index is 1.79. The van der Waals surface area contributed by atoms with Gasteiger partial charge in [0.2, 0.25) is 0 Å². The summed E-state index contributed by atoms with van der Waals surface area (Å²) in [5, 5.41) is 14.8. The number of ether oxygens (including phenoxy) is 1. The third-order valence-corrected chi connectivity index (χ3v) is 6.14. The van der Waals surface area contributed by atoms with E-state index in [1.807, 2.05) is 0 Å². The molecule has 0 unspecified atom stereocenters. The molecular formula is C18H21N3O6Si. The Morgan fingerprint density at radius 1 is 1.32 bits per heavy atom. The molecule has 0 radical (unpaired) electrons. The number of amides is 2. The van der Waals surface area contributed by atoms with Gasteiger partial charge in [0.25, 0.3) is 11.6 Å². The summed E-state index contributed by atoms with van der Waals surface area (Å²) >= 11 is 0. The van der Waals surface area contributed by atoms with Gasteiger partial charge in [-0.3, -0.25) is 14.9 Å². The molecule has 1 aliphatic heterocycles.